The molecule has 6 atom stereocenters. The molecule has 0 aromatic heterocycles. The third kappa shape index (κ3) is 4.01. The van der Waals surface area contributed by atoms with Crippen molar-refractivity contribution < 1.29 is 19.4 Å². The summed E-state index contributed by atoms with van der Waals surface area (Å²) in [7, 11) is 3.22. The first-order chi connectivity index (χ1) is 16.5. The highest BCUT2D eigenvalue weighted by molar-refractivity contribution is 6.06. The number of ether oxygens (including phenoxy) is 2. The van der Waals surface area contributed by atoms with Crippen molar-refractivity contribution in [2.75, 3.05) is 32.6 Å². The zero-order valence-electron chi connectivity index (χ0n) is 19.7. The van der Waals surface area contributed by atoms with Gasteiger partial charge in [0.1, 0.15) is 17.5 Å². The molecule has 2 aromatic rings. The van der Waals surface area contributed by atoms with Crippen LogP contribution in [0.25, 0.3) is 5.57 Å². The van der Waals surface area contributed by atoms with E-state index in [0.717, 1.165) is 42.8 Å². The summed E-state index contributed by atoms with van der Waals surface area (Å²) in [6.07, 6.45) is 5.31. The Balaban J connectivity index is 1.50. The highest BCUT2D eigenvalue weighted by Gasteiger charge is 2.43. The number of fused-ring (bicyclic) bond motifs is 4. The minimum Gasteiger partial charge on any atom is -0.497 e. The van der Waals surface area contributed by atoms with E-state index in [0.29, 0.717) is 28.9 Å². The maximum Gasteiger partial charge on any atom is 0.189 e. The van der Waals surface area contributed by atoms with Crippen molar-refractivity contribution in [3.63, 3.8) is 0 Å². The summed E-state index contributed by atoms with van der Waals surface area (Å²) in [6.45, 7) is 5.93. The van der Waals surface area contributed by atoms with Crippen LogP contribution in [0, 0.1) is 11.8 Å². The number of methoxy groups -OCH3 is 2. The van der Waals surface area contributed by atoms with Crippen molar-refractivity contribution in [2.24, 2.45) is 11.8 Å². The molecular weight excluding hydrogens is 428 g/mol. The van der Waals surface area contributed by atoms with E-state index in [1.54, 1.807) is 26.4 Å². The largest absolute Gasteiger partial charge is 0.497 e. The molecule has 2 bridgehead atoms. The first kappa shape index (κ1) is 22.7. The van der Waals surface area contributed by atoms with Gasteiger partial charge in [-0.05, 0) is 73.2 Å². The Hall–Kier alpha value is -3.09. The maximum absolute atomic E-state index is 13.5. The molecule has 0 spiro atoms. The lowest BCUT2D eigenvalue weighted by Gasteiger charge is -2.51. The highest BCUT2D eigenvalue weighted by atomic mass is 16.5. The molecular formula is C28H32N2O4. The van der Waals surface area contributed by atoms with Gasteiger partial charge >= 0.3 is 0 Å². The molecule has 6 nitrogen and oxygen atoms in total. The van der Waals surface area contributed by atoms with Gasteiger partial charge in [-0.1, -0.05) is 18.2 Å². The molecule has 0 radical (unpaired) electrons. The number of nitrogens with zero attached hydrogens (tertiary/aromatic N) is 1. The smallest absolute Gasteiger partial charge is 0.189 e. The lowest BCUT2D eigenvalue weighted by atomic mass is 9.73. The average molecular weight is 461 g/mol. The van der Waals surface area contributed by atoms with Gasteiger partial charge in [-0.15, -0.1) is 6.58 Å². The number of piperidine rings is 3. The molecule has 0 saturated carbocycles. The van der Waals surface area contributed by atoms with E-state index in [9.17, 15) is 9.90 Å². The number of hydrogen-bond acceptors (Lipinski definition) is 6. The van der Waals surface area contributed by atoms with Crippen LogP contribution < -0.4 is 14.8 Å². The van der Waals surface area contributed by atoms with Gasteiger partial charge in [-0.25, -0.2) is 0 Å². The Morgan fingerprint density at radius 1 is 1.21 bits per heavy atom. The Kier molecular flexibility index (Phi) is 6.19. The number of aliphatic hydroxyl groups excluding tert-OH is 1. The maximum atomic E-state index is 13.5. The van der Waals surface area contributed by atoms with Gasteiger partial charge in [0, 0.05) is 29.4 Å². The summed E-state index contributed by atoms with van der Waals surface area (Å²) in [5, 5.41) is 15.1. The molecule has 0 amide bonds. The van der Waals surface area contributed by atoms with E-state index in [4.69, 9.17) is 9.47 Å². The summed E-state index contributed by atoms with van der Waals surface area (Å²) in [5.41, 5.74) is 3.04. The van der Waals surface area contributed by atoms with Crippen molar-refractivity contribution >= 4 is 17.0 Å². The van der Waals surface area contributed by atoms with E-state index in [1.807, 2.05) is 36.4 Å². The fourth-order valence-corrected chi connectivity index (χ4v) is 5.76. The molecule has 2 N–H and O–H groups in total. The standard InChI is InChI=1S/C28H32N2O4/c1-4-17-16-30-11-10-18(17)13-26(30)28(32)23-15-25(27(31)19-6-5-7-20(12-19)33-2)29-24-9-8-21(34-3)14-22(23)24/h4-9,12,14-15,17-18,25-26,28-29,32H,1,10-11,13,16H2,2-3H3/t17-,18-,25?,26+,28-/m0/s1. The van der Waals surface area contributed by atoms with E-state index in [2.05, 4.69) is 22.9 Å². The summed E-state index contributed by atoms with van der Waals surface area (Å²) in [5.74, 6) is 2.31. The van der Waals surface area contributed by atoms with Gasteiger partial charge in [0.05, 0.1) is 20.3 Å². The minimum atomic E-state index is -0.706. The molecule has 3 saturated heterocycles. The lowest BCUT2D eigenvalue weighted by molar-refractivity contribution is -0.0254. The number of carbonyl (C=O) groups is 1. The summed E-state index contributed by atoms with van der Waals surface area (Å²) >= 11 is 0. The number of carbonyl (C=O) groups excluding carboxylic acids is 1. The summed E-state index contributed by atoms with van der Waals surface area (Å²) in [4.78, 5) is 15.9. The van der Waals surface area contributed by atoms with Crippen LogP contribution in [0.2, 0.25) is 0 Å². The fraction of sp³-hybridized carbons (Fsp3) is 0.393. The summed E-state index contributed by atoms with van der Waals surface area (Å²) in [6, 6.07) is 12.3. The normalized spacial score (nSPS) is 28.2. The Morgan fingerprint density at radius 3 is 2.71 bits per heavy atom. The number of ketones is 1. The van der Waals surface area contributed by atoms with Crippen LogP contribution in [0.5, 0.6) is 11.5 Å². The number of rotatable bonds is 7. The minimum absolute atomic E-state index is 0.0194. The van der Waals surface area contributed by atoms with Crippen LogP contribution in [0.3, 0.4) is 0 Å². The molecule has 34 heavy (non-hydrogen) atoms. The van der Waals surface area contributed by atoms with Crippen molar-refractivity contribution in [2.45, 2.75) is 31.0 Å². The quantitative estimate of drug-likeness (QED) is 0.480. The SMILES string of the molecule is C=C[C@H]1CN2CC[C@H]1C[C@@H]2[C@@H](O)C1=CC(C(=O)c2cccc(OC)c2)Nc2ccc(OC)cc21. The van der Waals surface area contributed by atoms with Crippen molar-refractivity contribution in [1.82, 2.24) is 4.90 Å². The second kappa shape index (κ2) is 9.28. The van der Waals surface area contributed by atoms with Crippen LogP contribution >= 0.6 is 0 Å². The number of aliphatic hydroxyl groups is 1. The van der Waals surface area contributed by atoms with Gasteiger partial charge < -0.3 is 19.9 Å². The Labute approximate surface area is 200 Å². The first-order valence-electron chi connectivity index (χ1n) is 11.9. The molecule has 4 heterocycles. The second-order valence-corrected chi connectivity index (χ2v) is 9.44. The molecule has 6 heteroatoms. The fourth-order valence-electron chi connectivity index (χ4n) is 5.76. The van der Waals surface area contributed by atoms with E-state index < -0.39 is 12.1 Å². The van der Waals surface area contributed by atoms with Gasteiger partial charge in [0.2, 0.25) is 0 Å². The van der Waals surface area contributed by atoms with Crippen LogP contribution in [0.4, 0.5) is 5.69 Å². The number of benzene rings is 2. The third-order valence-electron chi connectivity index (χ3n) is 7.67. The second-order valence-electron chi connectivity index (χ2n) is 9.44. The van der Waals surface area contributed by atoms with E-state index in [-0.39, 0.29) is 11.8 Å². The van der Waals surface area contributed by atoms with Gasteiger partial charge in [0.25, 0.3) is 0 Å². The first-order valence-corrected chi connectivity index (χ1v) is 11.9. The number of nitrogens with one attached hydrogen (secondary N) is 1. The Bertz CT molecular complexity index is 1130. The molecule has 3 fully saturated rings. The highest BCUT2D eigenvalue weighted by Crippen LogP contribution is 2.42. The van der Waals surface area contributed by atoms with Crippen LogP contribution in [0.15, 0.2) is 61.2 Å². The predicted octanol–water partition coefficient (Wildman–Crippen LogP) is 4.02. The van der Waals surface area contributed by atoms with Gasteiger partial charge in [0.15, 0.2) is 5.78 Å². The van der Waals surface area contributed by atoms with Crippen molar-refractivity contribution in [3.05, 3.63) is 72.3 Å². The average Bonchev–Trinajstić information content (AvgIpc) is 2.91. The molecule has 178 valence electrons. The van der Waals surface area contributed by atoms with Gasteiger partial charge in [-0.2, -0.15) is 0 Å². The van der Waals surface area contributed by atoms with Crippen LogP contribution in [-0.4, -0.2) is 61.3 Å². The number of hydrogen-bond donors (Lipinski definition) is 2. The van der Waals surface area contributed by atoms with Crippen molar-refractivity contribution in [1.29, 1.82) is 0 Å². The summed E-state index contributed by atoms with van der Waals surface area (Å²) < 4.78 is 10.8. The molecule has 4 aliphatic heterocycles. The molecule has 2 unspecified atom stereocenters. The third-order valence-corrected chi connectivity index (χ3v) is 7.67. The van der Waals surface area contributed by atoms with Gasteiger partial charge in [-0.3, -0.25) is 9.69 Å². The monoisotopic (exact) mass is 460 g/mol. The van der Waals surface area contributed by atoms with E-state index in [1.165, 1.54) is 0 Å². The van der Waals surface area contributed by atoms with E-state index >= 15 is 0 Å². The molecule has 4 aliphatic rings. The van der Waals surface area contributed by atoms with Crippen molar-refractivity contribution in [3.8, 4) is 11.5 Å². The molecule has 6 rings (SSSR count). The zero-order valence-corrected chi connectivity index (χ0v) is 19.7. The van der Waals surface area contributed by atoms with Crippen LogP contribution in [-0.2, 0) is 0 Å². The Morgan fingerprint density at radius 2 is 2.00 bits per heavy atom. The number of anilines is 1. The lowest BCUT2D eigenvalue weighted by Crippen LogP contribution is -2.57. The zero-order chi connectivity index (χ0) is 23.8. The number of Topliss-reactive ketones (excluding diaryl/α,β-unsaturated/α-hetero) is 1. The predicted molar refractivity (Wildman–Crippen MR) is 133 cm³/mol. The molecule has 0 aliphatic carbocycles. The van der Waals surface area contributed by atoms with Crippen LogP contribution in [0.1, 0.15) is 28.8 Å². The topological polar surface area (TPSA) is 71.0 Å². The molecule has 2 aromatic carbocycles.